The predicted molar refractivity (Wildman–Crippen MR) is 119 cm³/mol. The van der Waals surface area contributed by atoms with Crippen molar-refractivity contribution in [3.8, 4) is 5.75 Å². The zero-order valence-electron chi connectivity index (χ0n) is 17.6. The monoisotopic (exact) mass is 441 g/mol. The standard InChI is InChI=1S/C23H24ClN3O4/c1-4-10-25-23(29)19-9-8-17(12-21(19)24)26-22(28)16-6-5-7-18(11-16)30-13-20-14(2)27-31-15(20)3/h5-9,11-12H,4,10,13H2,1-3H3,(H,25,29)(H,26,28). The van der Waals surface area contributed by atoms with Crippen molar-refractivity contribution in [3.05, 3.63) is 75.6 Å². The summed E-state index contributed by atoms with van der Waals surface area (Å²) in [7, 11) is 0. The Bertz CT molecular complexity index is 1070. The summed E-state index contributed by atoms with van der Waals surface area (Å²) in [5.41, 5.74) is 2.94. The normalized spacial score (nSPS) is 10.6. The molecule has 31 heavy (non-hydrogen) atoms. The fraction of sp³-hybridized carbons (Fsp3) is 0.261. The zero-order chi connectivity index (χ0) is 22.4. The van der Waals surface area contributed by atoms with Crippen LogP contribution < -0.4 is 15.4 Å². The maximum absolute atomic E-state index is 12.7. The third-order valence-corrected chi connectivity index (χ3v) is 4.98. The Hall–Kier alpha value is -3.32. The van der Waals surface area contributed by atoms with Gasteiger partial charge in [0.2, 0.25) is 0 Å². The number of ether oxygens (including phenoxy) is 1. The number of nitrogens with zero attached hydrogens (tertiary/aromatic N) is 1. The number of hydrogen-bond acceptors (Lipinski definition) is 5. The van der Waals surface area contributed by atoms with Gasteiger partial charge in [-0.1, -0.05) is 29.7 Å². The molecule has 0 atom stereocenters. The molecule has 0 aliphatic heterocycles. The Labute approximate surface area is 185 Å². The number of anilines is 1. The summed E-state index contributed by atoms with van der Waals surface area (Å²) in [4.78, 5) is 24.8. The molecule has 3 rings (SSSR count). The molecule has 0 unspecified atom stereocenters. The molecule has 2 aromatic carbocycles. The number of nitrogens with one attached hydrogen (secondary N) is 2. The van der Waals surface area contributed by atoms with Gasteiger partial charge in [-0.3, -0.25) is 9.59 Å². The van der Waals surface area contributed by atoms with Crippen molar-refractivity contribution >= 4 is 29.1 Å². The highest BCUT2D eigenvalue weighted by molar-refractivity contribution is 6.34. The molecular weight excluding hydrogens is 418 g/mol. The number of hydrogen-bond donors (Lipinski definition) is 2. The number of benzene rings is 2. The second-order valence-electron chi connectivity index (χ2n) is 7.02. The number of halogens is 1. The Morgan fingerprint density at radius 1 is 1.13 bits per heavy atom. The number of carbonyl (C=O) groups excluding carboxylic acids is 2. The SMILES string of the molecule is CCCNC(=O)c1ccc(NC(=O)c2cccc(OCc3c(C)noc3C)c2)cc1Cl. The second kappa shape index (κ2) is 10.1. The molecule has 2 N–H and O–H groups in total. The van der Waals surface area contributed by atoms with Gasteiger partial charge in [0, 0.05) is 17.8 Å². The quantitative estimate of drug-likeness (QED) is 0.517. The van der Waals surface area contributed by atoms with E-state index in [0.717, 1.165) is 17.7 Å². The molecule has 7 nitrogen and oxygen atoms in total. The minimum atomic E-state index is -0.318. The largest absolute Gasteiger partial charge is 0.489 e. The van der Waals surface area contributed by atoms with Gasteiger partial charge < -0.3 is 19.9 Å². The summed E-state index contributed by atoms with van der Waals surface area (Å²) in [5, 5.41) is 9.74. The summed E-state index contributed by atoms with van der Waals surface area (Å²) in [6, 6.07) is 11.6. The summed E-state index contributed by atoms with van der Waals surface area (Å²) in [6.45, 7) is 6.51. The van der Waals surface area contributed by atoms with E-state index in [1.165, 1.54) is 0 Å². The lowest BCUT2D eigenvalue weighted by Gasteiger charge is -2.10. The average molecular weight is 442 g/mol. The smallest absolute Gasteiger partial charge is 0.255 e. The first-order valence-electron chi connectivity index (χ1n) is 9.92. The van der Waals surface area contributed by atoms with Crippen molar-refractivity contribution in [3.63, 3.8) is 0 Å². The summed E-state index contributed by atoms with van der Waals surface area (Å²) in [5.74, 6) is 0.693. The van der Waals surface area contributed by atoms with E-state index in [4.69, 9.17) is 20.9 Å². The van der Waals surface area contributed by atoms with Crippen LogP contribution in [0.2, 0.25) is 5.02 Å². The summed E-state index contributed by atoms with van der Waals surface area (Å²) >= 11 is 6.23. The van der Waals surface area contributed by atoms with E-state index in [0.29, 0.717) is 41.5 Å². The molecule has 8 heteroatoms. The number of aryl methyl sites for hydroxylation is 2. The molecule has 0 aliphatic rings. The fourth-order valence-corrected chi connectivity index (χ4v) is 3.17. The minimum absolute atomic E-state index is 0.243. The summed E-state index contributed by atoms with van der Waals surface area (Å²) < 4.78 is 10.9. The van der Waals surface area contributed by atoms with Crippen molar-refractivity contribution in [1.82, 2.24) is 10.5 Å². The van der Waals surface area contributed by atoms with Gasteiger partial charge in [-0.05, 0) is 56.7 Å². The fourth-order valence-electron chi connectivity index (χ4n) is 2.90. The molecular formula is C23H24ClN3O4. The van der Waals surface area contributed by atoms with Crippen LogP contribution in [0.5, 0.6) is 5.75 Å². The van der Waals surface area contributed by atoms with E-state index in [-0.39, 0.29) is 16.8 Å². The molecule has 1 heterocycles. The number of rotatable bonds is 8. The first-order valence-corrected chi connectivity index (χ1v) is 10.3. The van der Waals surface area contributed by atoms with Crippen LogP contribution in [-0.2, 0) is 6.61 Å². The number of aromatic nitrogens is 1. The Morgan fingerprint density at radius 3 is 2.61 bits per heavy atom. The molecule has 0 saturated heterocycles. The van der Waals surface area contributed by atoms with Gasteiger partial charge in [-0.25, -0.2) is 0 Å². The minimum Gasteiger partial charge on any atom is -0.489 e. The first-order chi connectivity index (χ1) is 14.9. The second-order valence-corrected chi connectivity index (χ2v) is 7.43. The topological polar surface area (TPSA) is 93.5 Å². The molecule has 0 spiro atoms. The van der Waals surface area contributed by atoms with Crippen molar-refractivity contribution in [2.75, 3.05) is 11.9 Å². The van der Waals surface area contributed by atoms with E-state index in [1.807, 2.05) is 20.8 Å². The highest BCUT2D eigenvalue weighted by atomic mass is 35.5. The van der Waals surface area contributed by atoms with Crippen LogP contribution in [-0.4, -0.2) is 23.5 Å². The molecule has 3 aromatic rings. The van der Waals surface area contributed by atoms with Crippen molar-refractivity contribution < 1.29 is 18.8 Å². The molecule has 0 fully saturated rings. The van der Waals surface area contributed by atoms with E-state index in [1.54, 1.807) is 42.5 Å². The van der Waals surface area contributed by atoms with Gasteiger partial charge >= 0.3 is 0 Å². The van der Waals surface area contributed by atoms with Crippen molar-refractivity contribution in [2.24, 2.45) is 0 Å². The highest BCUT2D eigenvalue weighted by Gasteiger charge is 2.13. The molecule has 0 radical (unpaired) electrons. The third-order valence-electron chi connectivity index (χ3n) is 4.67. The lowest BCUT2D eigenvalue weighted by Crippen LogP contribution is -2.24. The maximum Gasteiger partial charge on any atom is 0.255 e. The van der Waals surface area contributed by atoms with Crippen molar-refractivity contribution in [1.29, 1.82) is 0 Å². The highest BCUT2D eigenvalue weighted by Crippen LogP contribution is 2.23. The Kier molecular flexibility index (Phi) is 7.31. The van der Waals surface area contributed by atoms with Crippen LogP contribution in [0.3, 0.4) is 0 Å². The van der Waals surface area contributed by atoms with Crippen LogP contribution in [0.25, 0.3) is 0 Å². The molecule has 0 saturated carbocycles. The zero-order valence-corrected chi connectivity index (χ0v) is 18.4. The van der Waals surface area contributed by atoms with Gasteiger partial charge in [-0.2, -0.15) is 0 Å². The molecule has 0 aliphatic carbocycles. The number of amides is 2. The van der Waals surface area contributed by atoms with Gasteiger partial charge in [0.25, 0.3) is 11.8 Å². The van der Waals surface area contributed by atoms with Crippen LogP contribution >= 0.6 is 11.6 Å². The van der Waals surface area contributed by atoms with E-state index in [9.17, 15) is 9.59 Å². The molecule has 1 aromatic heterocycles. The van der Waals surface area contributed by atoms with Gasteiger partial charge in [-0.15, -0.1) is 0 Å². The van der Waals surface area contributed by atoms with Gasteiger partial charge in [0.05, 0.1) is 21.8 Å². The molecule has 162 valence electrons. The van der Waals surface area contributed by atoms with E-state index < -0.39 is 0 Å². The average Bonchev–Trinajstić information content (AvgIpc) is 3.08. The maximum atomic E-state index is 12.7. The van der Waals surface area contributed by atoms with Gasteiger partial charge in [0.15, 0.2) is 0 Å². The Balaban J connectivity index is 1.66. The first kappa shape index (κ1) is 22.4. The van der Waals surface area contributed by atoms with Gasteiger partial charge in [0.1, 0.15) is 18.1 Å². The van der Waals surface area contributed by atoms with Crippen LogP contribution in [0, 0.1) is 13.8 Å². The van der Waals surface area contributed by atoms with Crippen molar-refractivity contribution in [2.45, 2.75) is 33.8 Å². The Morgan fingerprint density at radius 2 is 1.94 bits per heavy atom. The lowest BCUT2D eigenvalue weighted by molar-refractivity contribution is 0.0953. The predicted octanol–water partition coefficient (Wildman–Crippen LogP) is 4.92. The van der Waals surface area contributed by atoms with Crippen LogP contribution in [0.1, 0.15) is 51.1 Å². The van der Waals surface area contributed by atoms with Crippen LogP contribution in [0.4, 0.5) is 5.69 Å². The van der Waals surface area contributed by atoms with E-state index in [2.05, 4.69) is 15.8 Å². The third kappa shape index (κ3) is 5.64. The van der Waals surface area contributed by atoms with Crippen LogP contribution in [0.15, 0.2) is 47.0 Å². The lowest BCUT2D eigenvalue weighted by atomic mass is 10.1. The number of carbonyl (C=O) groups is 2. The van der Waals surface area contributed by atoms with E-state index >= 15 is 0 Å². The molecule has 0 bridgehead atoms. The molecule has 2 amide bonds. The summed E-state index contributed by atoms with van der Waals surface area (Å²) in [6.07, 6.45) is 0.832.